The van der Waals surface area contributed by atoms with Crippen molar-refractivity contribution in [2.45, 2.75) is 25.2 Å². The first-order valence-corrected chi connectivity index (χ1v) is 17.4. The second-order valence-electron chi connectivity index (χ2n) is 11.2. The molecule has 0 spiro atoms. The highest BCUT2D eigenvalue weighted by Gasteiger charge is 2.27. The van der Waals surface area contributed by atoms with Gasteiger partial charge in [-0.3, -0.25) is 4.98 Å². The predicted octanol–water partition coefficient (Wildman–Crippen LogP) is 9.76. The van der Waals surface area contributed by atoms with Crippen molar-refractivity contribution in [2.75, 3.05) is 7.11 Å². The number of benzene rings is 5. The summed E-state index contributed by atoms with van der Waals surface area (Å²) in [6, 6.07) is 32.9. The molecule has 0 bridgehead atoms. The number of phenols is 1. The Morgan fingerprint density at radius 3 is 1.98 bits per heavy atom. The summed E-state index contributed by atoms with van der Waals surface area (Å²) in [5.41, 5.74) is 9.02. The Kier molecular flexibility index (Phi) is 9.32. The molecule has 9 heteroatoms. The Hall–Kier alpha value is -4.66. The molecule has 241 valence electrons. The minimum atomic E-state index is -4.19. The van der Waals surface area contributed by atoms with Crippen molar-refractivity contribution in [1.29, 1.82) is 0 Å². The van der Waals surface area contributed by atoms with Gasteiger partial charge in [-0.1, -0.05) is 90.8 Å². The van der Waals surface area contributed by atoms with Crippen LogP contribution in [-0.4, -0.2) is 25.6 Å². The van der Waals surface area contributed by atoms with E-state index in [1.165, 1.54) is 12.1 Å². The molecule has 3 N–H and O–H groups in total. The van der Waals surface area contributed by atoms with Crippen molar-refractivity contribution in [3.8, 4) is 67.1 Å². The number of hydrogen-bond acceptors (Lipinski definition) is 5. The van der Waals surface area contributed by atoms with Gasteiger partial charge in [-0.15, -0.1) is 0 Å². The molecule has 1 aromatic heterocycles. The molecule has 0 aliphatic heterocycles. The molecule has 0 aliphatic rings. The van der Waals surface area contributed by atoms with Crippen molar-refractivity contribution in [3.05, 3.63) is 131 Å². The minimum absolute atomic E-state index is 0.378. The third-order valence-corrected chi connectivity index (χ3v) is 9.85. The molecule has 0 amide bonds. The number of ether oxygens (including phenoxy) is 1. The van der Waals surface area contributed by atoms with Crippen LogP contribution in [0.3, 0.4) is 0 Å². The van der Waals surface area contributed by atoms with Gasteiger partial charge in [-0.2, -0.15) is 0 Å². The van der Waals surface area contributed by atoms with Crippen LogP contribution in [-0.2, 0) is 16.4 Å². The van der Waals surface area contributed by atoms with Crippen molar-refractivity contribution >= 4 is 33.2 Å². The quantitative estimate of drug-likeness (QED) is 0.165. The second kappa shape index (κ2) is 13.5. The van der Waals surface area contributed by atoms with E-state index in [0.717, 1.165) is 39.1 Å². The van der Waals surface area contributed by atoms with Gasteiger partial charge in [-0.05, 0) is 89.2 Å². The van der Waals surface area contributed by atoms with Gasteiger partial charge in [0, 0.05) is 49.8 Å². The summed E-state index contributed by atoms with van der Waals surface area (Å²) in [7, 11) is -2.58. The first-order valence-electron chi connectivity index (χ1n) is 15.1. The van der Waals surface area contributed by atoms with E-state index in [1.54, 1.807) is 19.4 Å². The normalized spacial score (nSPS) is 11.5. The first kappa shape index (κ1) is 33.2. The number of primary sulfonamides is 1. The molecular weight excluding hydrogens is 663 g/mol. The minimum Gasteiger partial charge on any atom is -0.507 e. The fourth-order valence-corrected chi connectivity index (χ4v) is 7.13. The van der Waals surface area contributed by atoms with E-state index < -0.39 is 15.8 Å². The number of aryl methyl sites for hydroxylation is 2. The number of nitrogens with zero attached hydrogens (tertiary/aromatic N) is 1. The van der Waals surface area contributed by atoms with Crippen LogP contribution in [0.15, 0.2) is 108 Å². The van der Waals surface area contributed by atoms with E-state index in [2.05, 4.69) is 11.1 Å². The maximum atomic E-state index is 12.3. The molecule has 6 nitrogen and oxygen atoms in total. The van der Waals surface area contributed by atoms with Crippen molar-refractivity contribution in [1.82, 2.24) is 4.98 Å². The number of hydrogen-bond donors (Lipinski definition) is 2. The second-order valence-corrected chi connectivity index (χ2v) is 13.6. The van der Waals surface area contributed by atoms with Crippen LogP contribution in [0.1, 0.15) is 18.2 Å². The van der Waals surface area contributed by atoms with E-state index in [1.807, 2.05) is 92.7 Å². The molecule has 0 atom stereocenters. The zero-order valence-electron chi connectivity index (χ0n) is 26.4. The summed E-state index contributed by atoms with van der Waals surface area (Å²) < 4.78 is 30.6. The molecule has 0 saturated carbocycles. The van der Waals surface area contributed by atoms with Crippen LogP contribution in [0.2, 0.25) is 10.0 Å². The Morgan fingerprint density at radius 2 is 1.42 bits per heavy atom. The van der Waals surface area contributed by atoms with Gasteiger partial charge in [0.05, 0.1) is 7.11 Å². The van der Waals surface area contributed by atoms with E-state index in [0.29, 0.717) is 50.0 Å². The molecule has 0 fully saturated rings. The lowest BCUT2D eigenvalue weighted by Crippen LogP contribution is -2.12. The van der Waals surface area contributed by atoms with Gasteiger partial charge < -0.3 is 9.84 Å². The maximum Gasteiger partial charge on any atom is 0.241 e. The lowest BCUT2D eigenvalue weighted by molar-refractivity contribution is 0.416. The van der Waals surface area contributed by atoms with E-state index in [9.17, 15) is 13.5 Å². The molecule has 0 unspecified atom stereocenters. The average Bonchev–Trinajstić information content (AvgIpc) is 3.07. The largest absolute Gasteiger partial charge is 0.507 e. The summed E-state index contributed by atoms with van der Waals surface area (Å²) in [4.78, 5) is 4.22. The summed E-state index contributed by atoms with van der Waals surface area (Å²) in [6.07, 6.45) is 2.38. The Labute approximate surface area is 290 Å². The zero-order valence-corrected chi connectivity index (χ0v) is 28.7. The number of aromatic nitrogens is 1. The van der Waals surface area contributed by atoms with Gasteiger partial charge in [0.25, 0.3) is 0 Å². The van der Waals surface area contributed by atoms with Crippen LogP contribution in [0, 0.1) is 13.0 Å². The summed E-state index contributed by atoms with van der Waals surface area (Å²) in [5.74, 6) is 0.138. The number of sulfonamides is 1. The average molecular weight is 695 g/mol. The third kappa shape index (κ3) is 6.18. The molecule has 0 saturated heterocycles. The molecule has 0 aliphatic carbocycles. The molecule has 1 radical (unpaired) electrons. The standard InChI is InChI=1S/C39H31Cl2N2O4S/c1-4-24-20-30(27-12-9-15-34(47-3)38(27)28-10-5-7-13-31(28)40)39(29-11-6-8-14-32(29)41)37(36(24)26-17-16-23(2)43-22-26)25-18-19-35(33(44)21-25)48(42,45)46/h5-19,21-22,44H,4H2,1-3H3,(H2,42,45,46). The van der Waals surface area contributed by atoms with E-state index in [-0.39, 0.29) is 4.90 Å². The lowest BCUT2D eigenvalue weighted by Gasteiger charge is -2.25. The van der Waals surface area contributed by atoms with E-state index >= 15 is 0 Å². The number of pyridine rings is 1. The topological polar surface area (TPSA) is 103 Å². The van der Waals surface area contributed by atoms with Crippen LogP contribution in [0.25, 0.3) is 55.6 Å². The van der Waals surface area contributed by atoms with Crippen molar-refractivity contribution in [3.63, 3.8) is 0 Å². The maximum absolute atomic E-state index is 12.3. The van der Waals surface area contributed by atoms with Gasteiger partial charge >= 0.3 is 0 Å². The number of halogens is 2. The van der Waals surface area contributed by atoms with Crippen molar-refractivity contribution in [2.24, 2.45) is 5.14 Å². The number of nitrogens with two attached hydrogens (primary N) is 1. The van der Waals surface area contributed by atoms with Gasteiger partial charge in [0.2, 0.25) is 10.0 Å². The Balaban J connectivity index is 1.86. The Bertz CT molecular complexity index is 2290. The third-order valence-electron chi connectivity index (χ3n) is 8.24. The monoisotopic (exact) mass is 693 g/mol. The Morgan fingerprint density at radius 1 is 0.792 bits per heavy atom. The van der Waals surface area contributed by atoms with Crippen molar-refractivity contribution < 1.29 is 18.3 Å². The number of phenolic OH excluding ortho intramolecular Hbond substituents is 1. The molecule has 5 aromatic carbocycles. The van der Waals surface area contributed by atoms with Crippen LogP contribution in [0.5, 0.6) is 11.5 Å². The molecule has 48 heavy (non-hydrogen) atoms. The highest BCUT2D eigenvalue weighted by atomic mass is 35.5. The van der Waals surface area contributed by atoms with Crippen LogP contribution in [0.4, 0.5) is 0 Å². The highest BCUT2D eigenvalue weighted by Crippen LogP contribution is 2.52. The lowest BCUT2D eigenvalue weighted by atomic mass is 9.78. The number of aromatic hydroxyl groups is 1. The highest BCUT2D eigenvalue weighted by molar-refractivity contribution is 7.89. The van der Waals surface area contributed by atoms with Gasteiger partial charge in [0.15, 0.2) is 0 Å². The molecular formula is C39H31Cl2N2O4S. The van der Waals surface area contributed by atoms with Gasteiger partial charge in [0.1, 0.15) is 16.4 Å². The number of rotatable bonds is 8. The number of methoxy groups -OCH3 is 1. The fraction of sp³-hybridized carbons (Fsp3) is 0.103. The fourth-order valence-electron chi connectivity index (χ4n) is 6.06. The predicted molar refractivity (Wildman–Crippen MR) is 194 cm³/mol. The first-order chi connectivity index (χ1) is 23.0. The molecule has 6 aromatic rings. The summed E-state index contributed by atoms with van der Waals surface area (Å²) in [5, 5.41) is 17.5. The zero-order chi connectivity index (χ0) is 34.2. The SMILES string of the molecule is CCc1[c]c(-c2cccc(OC)c2-c2ccccc2Cl)c(-c2ccccc2Cl)c(-c2ccc(S(N)(=O)=O)c(O)c2)c1-c1ccc(C)nc1. The van der Waals surface area contributed by atoms with Crippen LogP contribution < -0.4 is 9.88 Å². The smallest absolute Gasteiger partial charge is 0.241 e. The summed E-state index contributed by atoms with van der Waals surface area (Å²) >= 11 is 13.8. The van der Waals surface area contributed by atoms with Gasteiger partial charge in [-0.25, -0.2) is 13.6 Å². The van der Waals surface area contributed by atoms with Crippen LogP contribution >= 0.6 is 23.2 Å². The summed E-state index contributed by atoms with van der Waals surface area (Å²) in [6.45, 7) is 3.96. The molecule has 1 heterocycles. The molecule has 6 rings (SSSR count). The van der Waals surface area contributed by atoms with E-state index in [4.69, 9.17) is 33.1 Å².